The number of rotatable bonds is 6. The largest absolute Gasteiger partial charge is 0.494 e. The smallest absolute Gasteiger partial charge is 0.182 e. The Balaban J connectivity index is 1.82. The van der Waals surface area contributed by atoms with E-state index in [9.17, 15) is 8.78 Å². The molecular formula is C23H21ClF2N4O. The number of benzene rings is 2. The molecule has 0 saturated carbocycles. The number of halogens is 3. The van der Waals surface area contributed by atoms with E-state index >= 15 is 0 Å². The zero-order valence-corrected chi connectivity index (χ0v) is 18.2. The summed E-state index contributed by atoms with van der Waals surface area (Å²) in [5.41, 5.74) is 2.78. The molecule has 0 radical (unpaired) electrons. The topological polar surface area (TPSA) is 52.8 Å². The predicted octanol–water partition coefficient (Wildman–Crippen LogP) is 5.74. The van der Waals surface area contributed by atoms with Crippen molar-refractivity contribution in [2.24, 2.45) is 0 Å². The zero-order chi connectivity index (χ0) is 22.1. The molecule has 2 heterocycles. The summed E-state index contributed by atoms with van der Waals surface area (Å²) < 4.78 is 36.0. The molecular weight excluding hydrogens is 422 g/mol. The van der Waals surface area contributed by atoms with E-state index in [-0.39, 0.29) is 17.9 Å². The van der Waals surface area contributed by atoms with Crippen LogP contribution < -0.4 is 4.74 Å². The van der Waals surface area contributed by atoms with Crippen LogP contribution in [0.15, 0.2) is 36.4 Å². The number of hydrogen-bond acceptors (Lipinski definition) is 4. The van der Waals surface area contributed by atoms with Crippen LogP contribution in [0.25, 0.3) is 22.4 Å². The Hall–Kier alpha value is -3.06. The Bertz CT molecular complexity index is 1230. The molecule has 0 N–H and O–H groups in total. The number of nitrogens with zero attached hydrogens (tertiary/aromatic N) is 4. The maximum absolute atomic E-state index is 14.6. The molecule has 0 saturated heterocycles. The average Bonchev–Trinajstić information content (AvgIpc) is 3.09. The minimum atomic E-state index is -0.688. The summed E-state index contributed by atoms with van der Waals surface area (Å²) in [6, 6.07) is 9.79. The van der Waals surface area contributed by atoms with E-state index in [2.05, 4.69) is 15.1 Å². The van der Waals surface area contributed by atoms with E-state index in [0.717, 1.165) is 23.1 Å². The maximum atomic E-state index is 14.6. The van der Waals surface area contributed by atoms with Crippen LogP contribution in [0.5, 0.6) is 5.75 Å². The number of aromatic nitrogens is 4. The van der Waals surface area contributed by atoms with Crippen molar-refractivity contribution >= 4 is 22.5 Å². The van der Waals surface area contributed by atoms with Crippen LogP contribution in [0.1, 0.15) is 30.7 Å². The van der Waals surface area contributed by atoms with Crippen LogP contribution >= 0.6 is 11.6 Å². The summed E-state index contributed by atoms with van der Waals surface area (Å²) >= 11 is 6.36. The fourth-order valence-electron chi connectivity index (χ4n) is 3.61. The van der Waals surface area contributed by atoms with E-state index in [0.29, 0.717) is 28.8 Å². The van der Waals surface area contributed by atoms with Crippen molar-refractivity contribution in [1.29, 1.82) is 0 Å². The number of aryl methyl sites for hydroxylation is 1. The second-order valence-corrected chi connectivity index (χ2v) is 7.44. The molecule has 8 heteroatoms. The van der Waals surface area contributed by atoms with Crippen LogP contribution in [0.4, 0.5) is 8.78 Å². The van der Waals surface area contributed by atoms with Crippen LogP contribution in [0.2, 0.25) is 5.15 Å². The van der Waals surface area contributed by atoms with Gasteiger partial charge in [-0.2, -0.15) is 5.10 Å². The molecule has 0 aliphatic rings. The molecule has 0 spiro atoms. The van der Waals surface area contributed by atoms with Gasteiger partial charge >= 0.3 is 0 Å². The third kappa shape index (κ3) is 3.97. The molecule has 2 aromatic heterocycles. The minimum Gasteiger partial charge on any atom is -0.494 e. The Morgan fingerprint density at radius 2 is 1.74 bits per heavy atom. The summed E-state index contributed by atoms with van der Waals surface area (Å²) in [5, 5.41) is 5.76. The fourth-order valence-corrected chi connectivity index (χ4v) is 3.96. The fraction of sp³-hybridized carbons (Fsp3) is 0.261. The van der Waals surface area contributed by atoms with Crippen molar-refractivity contribution in [1.82, 2.24) is 19.7 Å². The van der Waals surface area contributed by atoms with Gasteiger partial charge in [0, 0.05) is 34.3 Å². The van der Waals surface area contributed by atoms with Gasteiger partial charge in [-0.25, -0.2) is 18.7 Å². The highest BCUT2D eigenvalue weighted by Crippen LogP contribution is 2.30. The van der Waals surface area contributed by atoms with Gasteiger partial charge in [0.1, 0.15) is 28.2 Å². The lowest BCUT2D eigenvalue weighted by atomic mass is 10.1. The molecule has 0 bridgehead atoms. The van der Waals surface area contributed by atoms with Crippen molar-refractivity contribution in [3.63, 3.8) is 0 Å². The highest BCUT2D eigenvalue weighted by molar-refractivity contribution is 6.30. The molecule has 5 nitrogen and oxygen atoms in total. The van der Waals surface area contributed by atoms with E-state index in [1.54, 1.807) is 11.6 Å². The summed E-state index contributed by atoms with van der Waals surface area (Å²) in [6.45, 7) is 5.85. The van der Waals surface area contributed by atoms with E-state index < -0.39 is 11.6 Å². The van der Waals surface area contributed by atoms with Crippen LogP contribution in [-0.2, 0) is 13.0 Å². The molecule has 31 heavy (non-hydrogen) atoms. The van der Waals surface area contributed by atoms with Crippen molar-refractivity contribution in [2.45, 2.75) is 33.7 Å². The van der Waals surface area contributed by atoms with Gasteiger partial charge in [0.2, 0.25) is 0 Å². The summed E-state index contributed by atoms with van der Waals surface area (Å²) in [4.78, 5) is 9.00. The molecule has 4 rings (SSSR count). The van der Waals surface area contributed by atoms with E-state index in [1.807, 2.05) is 38.1 Å². The van der Waals surface area contributed by atoms with Crippen molar-refractivity contribution in [2.75, 3.05) is 6.61 Å². The molecule has 0 aliphatic heterocycles. The molecule has 0 amide bonds. The monoisotopic (exact) mass is 442 g/mol. The summed E-state index contributed by atoms with van der Waals surface area (Å²) in [6.07, 6.45) is 0.719. The van der Waals surface area contributed by atoms with Gasteiger partial charge in [-0.15, -0.1) is 0 Å². The van der Waals surface area contributed by atoms with Gasteiger partial charge in [0.05, 0.1) is 18.7 Å². The first-order valence-electron chi connectivity index (χ1n) is 10.0. The summed E-state index contributed by atoms with van der Waals surface area (Å²) in [7, 11) is 0. The lowest BCUT2D eigenvalue weighted by molar-refractivity contribution is 0.335. The molecule has 160 valence electrons. The van der Waals surface area contributed by atoms with Crippen molar-refractivity contribution in [3.8, 4) is 17.3 Å². The molecule has 0 unspecified atom stereocenters. The van der Waals surface area contributed by atoms with Gasteiger partial charge in [0.15, 0.2) is 5.82 Å². The Morgan fingerprint density at radius 1 is 1.03 bits per heavy atom. The molecule has 0 aliphatic carbocycles. The second-order valence-electron chi connectivity index (χ2n) is 7.08. The van der Waals surface area contributed by atoms with Crippen LogP contribution in [0, 0.1) is 18.6 Å². The first-order valence-corrected chi connectivity index (χ1v) is 10.4. The first-order chi connectivity index (χ1) is 14.9. The van der Waals surface area contributed by atoms with Gasteiger partial charge in [0.25, 0.3) is 0 Å². The second kappa shape index (κ2) is 8.59. The first kappa shape index (κ1) is 21.2. The Kier molecular flexibility index (Phi) is 5.87. The van der Waals surface area contributed by atoms with Gasteiger partial charge in [-0.1, -0.05) is 36.7 Å². The number of ether oxygens (including phenoxy) is 1. The Labute approximate surface area is 183 Å². The normalized spacial score (nSPS) is 11.3. The third-order valence-electron chi connectivity index (χ3n) is 5.12. The Morgan fingerprint density at radius 3 is 2.39 bits per heavy atom. The number of hydrogen-bond donors (Lipinski definition) is 0. The SMILES string of the molecule is CCOc1cc(F)c(Cn2nc(-c3nc(C)c(CC)c(Cl)n3)c3ccccc32)c(F)c1. The number of fused-ring (bicyclic) bond motifs is 1. The van der Waals surface area contributed by atoms with Crippen LogP contribution in [0.3, 0.4) is 0 Å². The van der Waals surface area contributed by atoms with Gasteiger partial charge in [-0.05, 0) is 26.3 Å². The molecule has 2 aromatic carbocycles. The molecule has 4 aromatic rings. The average molecular weight is 443 g/mol. The highest BCUT2D eigenvalue weighted by Gasteiger charge is 2.20. The van der Waals surface area contributed by atoms with E-state index in [4.69, 9.17) is 16.3 Å². The van der Waals surface area contributed by atoms with E-state index in [1.165, 1.54) is 12.1 Å². The van der Waals surface area contributed by atoms with Gasteiger partial charge < -0.3 is 4.74 Å². The highest BCUT2D eigenvalue weighted by atomic mass is 35.5. The van der Waals surface area contributed by atoms with Crippen molar-refractivity contribution in [3.05, 3.63) is 70.0 Å². The van der Waals surface area contributed by atoms with Gasteiger partial charge in [-0.3, -0.25) is 4.68 Å². The molecule has 0 fully saturated rings. The number of para-hydroxylation sites is 1. The van der Waals surface area contributed by atoms with Crippen LogP contribution in [-0.4, -0.2) is 26.4 Å². The lowest BCUT2D eigenvalue weighted by Gasteiger charge is -2.10. The zero-order valence-electron chi connectivity index (χ0n) is 17.4. The lowest BCUT2D eigenvalue weighted by Crippen LogP contribution is -2.07. The minimum absolute atomic E-state index is 0.0929. The quantitative estimate of drug-likeness (QED) is 0.357. The molecule has 0 atom stereocenters. The van der Waals surface area contributed by atoms with Crippen molar-refractivity contribution < 1.29 is 13.5 Å². The summed E-state index contributed by atoms with van der Waals surface area (Å²) in [5.74, 6) is -0.844. The standard InChI is InChI=1S/C23H21ClF2N4O/c1-4-15-13(3)27-23(28-22(15)24)21-16-8-6-7-9-20(16)30(29-21)12-17-18(25)10-14(31-5-2)11-19(17)26/h6-11H,4-5,12H2,1-3H3. The maximum Gasteiger partial charge on any atom is 0.182 e. The predicted molar refractivity (Wildman–Crippen MR) is 117 cm³/mol. The third-order valence-corrected chi connectivity index (χ3v) is 5.43.